The summed E-state index contributed by atoms with van der Waals surface area (Å²) >= 11 is 0. The number of hydrogen-bond acceptors (Lipinski definition) is 0. The number of piperazine rings is 3. The Bertz CT molecular complexity index is 505. The minimum Gasteiger partial charge on any atom is -0.314 e. The molecule has 0 saturated carbocycles. The van der Waals surface area contributed by atoms with Crippen LogP contribution in [0.15, 0.2) is 60.7 Å². The molecule has 2 heteroatoms. The highest BCUT2D eigenvalue weighted by molar-refractivity contribution is 5.25. The van der Waals surface area contributed by atoms with Crippen LogP contribution >= 0.6 is 0 Å². The molecule has 2 atom stereocenters. The molecule has 0 amide bonds. The van der Waals surface area contributed by atoms with Gasteiger partial charge in [-0.1, -0.05) is 60.7 Å². The average molecular weight is 266 g/mol. The number of fused-ring (bicyclic) bond motifs is 3. The SMILES string of the molecule is c1ccc([C@@H]2[C@@H](c3ccccc3)[NH+]3CC[NH+]2CC3)cc1. The summed E-state index contributed by atoms with van der Waals surface area (Å²) in [6.45, 7) is 5.27. The van der Waals surface area contributed by atoms with Crippen molar-refractivity contribution in [3.63, 3.8) is 0 Å². The van der Waals surface area contributed by atoms with Crippen LogP contribution in [0.1, 0.15) is 23.2 Å². The summed E-state index contributed by atoms with van der Waals surface area (Å²) in [5, 5.41) is 0. The molecular formula is C18H22N2+2. The molecule has 20 heavy (non-hydrogen) atoms. The summed E-state index contributed by atoms with van der Waals surface area (Å²) in [4.78, 5) is 3.56. The number of hydrogen-bond donors (Lipinski definition) is 2. The first-order valence-corrected chi connectivity index (χ1v) is 7.72. The molecule has 3 aliphatic heterocycles. The molecule has 2 aromatic carbocycles. The maximum Gasteiger partial charge on any atom is 0.170 e. The molecule has 3 heterocycles. The van der Waals surface area contributed by atoms with Gasteiger partial charge in [0.1, 0.15) is 26.2 Å². The third-order valence-corrected chi connectivity index (χ3v) is 5.06. The van der Waals surface area contributed by atoms with Crippen molar-refractivity contribution >= 4 is 0 Å². The molecule has 3 aliphatic rings. The number of nitrogens with one attached hydrogen (secondary N) is 2. The van der Waals surface area contributed by atoms with Crippen molar-refractivity contribution in [2.45, 2.75) is 12.1 Å². The van der Waals surface area contributed by atoms with Gasteiger partial charge < -0.3 is 9.80 Å². The van der Waals surface area contributed by atoms with Gasteiger partial charge in [-0.2, -0.15) is 0 Å². The van der Waals surface area contributed by atoms with Crippen molar-refractivity contribution in [3.05, 3.63) is 71.8 Å². The highest BCUT2D eigenvalue weighted by Crippen LogP contribution is 2.26. The number of quaternary nitrogens is 2. The molecule has 0 spiro atoms. The van der Waals surface area contributed by atoms with E-state index in [9.17, 15) is 0 Å². The molecule has 2 aromatic rings. The standard InChI is InChI=1S/C18H20N2/c1-3-7-15(8-4-1)17-18(16-9-5-2-6-10-16)20-13-11-19(17)12-14-20/h1-10,17-18H,11-14H2/p+2/t17-,18-/m1/s1. The molecule has 3 saturated heterocycles. The largest absolute Gasteiger partial charge is 0.314 e. The normalized spacial score (nSPS) is 32.2. The van der Waals surface area contributed by atoms with Gasteiger partial charge in [0.05, 0.1) is 0 Å². The van der Waals surface area contributed by atoms with Crippen LogP contribution in [0.2, 0.25) is 0 Å². The van der Waals surface area contributed by atoms with Gasteiger partial charge in [-0.25, -0.2) is 0 Å². The highest BCUT2D eigenvalue weighted by atomic mass is 15.4. The first-order valence-electron chi connectivity index (χ1n) is 7.72. The zero-order valence-electron chi connectivity index (χ0n) is 11.8. The van der Waals surface area contributed by atoms with Gasteiger partial charge in [-0.05, 0) is 0 Å². The second-order valence-electron chi connectivity index (χ2n) is 6.09. The predicted octanol–water partition coefficient (Wildman–Crippen LogP) is 0.266. The van der Waals surface area contributed by atoms with E-state index in [4.69, 9.17) is 0 Å². The average Bonchev–Trinajstić information content (AvgIpc) is 2.57. The van der Waals surface area contributed by atoms with Crippen LogP contribution in [0.25, 0.3) is 0 Å². The van der Waals surface area contributed by atoms with Gasteiger partial charge in [0.2, 0.25) is 0 Å². The first kappa shape index (κ1) is 12.1. The Morgan fingerprint density at radius 2 is 0.900 bits per heavy atom. The fourth-order valence-electron chi connectivity index (χ4n) is 4.16. The third-order valence-electron chi connectivity index (χ3n) is 5.06. The maximum atomic E-state index is 2.31. The summed E-state index contributed by atoms with van der Waals surface area (Å²) in [7, 11) is 0. The van der Waals surface area contributed by atoms with Crippen molar-refractivity contribution in [3.8, 4) is 0 Å². The van der Waals surface area contributed by atoms with Crippen molar-refractivity contribution in [2.24, 2.45) is 0 Å². The number of benzene rings is 2. The van der Waals surface area contributed by atoms with Crippen LogP contribution in [0.5, 0.6) is 0 Å². The maximum absolute atomic E-state index is 2.31. The van der Waals surface area contributed by atoms with Gasteiger partial charge >= 0.3 is 0 Å². The predicted molar refractivity (Wildman–Crippen MR) is 79.8 cm³/mol. The van der Waals surface area contributed by atoms with Crippen LogP contribution in [0.3, 0.4) is 0 Å². The van der Waals surface area contributed by atoms with E-state index in [0.29, 0.717) is 12.1 Å². The lowest BCUT2D eigenvalue weighted by atomic mass is 9.86. The Kier molecular flexibility index (Phi) is 3.06. The third kappa shape index (κ3) is 1.96. The Morgan fingerprint density at radius 1 is 0.550 bits per heavy atom. The molecule has 0 radical (unpaired) electrons. The van der Waals surface area contributed by atoms with Gasteiger partial charge in [0.25, 0.3) is 0 Å². The van der Waals surface area contributed by atoms with E-state index in [0.717, 1.165) is 0 Å². The fraction of sp³-hybridized carbons (Fsp3) is 0.333. The molecule has 2 N–H and O–H groups in total. The smallest absolute Gasteiger partial charge is 0.170 e. The Labute approximate surface area is 120 Å². The lowest BCUT2D eigenvalue weighted by Crippen LogP contribution is -3.35. The molecule has 2 nitrogen and oxygen atoms in total. The molecule has 3 fully saturated rings. The molecule has 0 unspecified atom stereocenters. The van der Waals surface area contributed by atoms with Crippen LogP contribution < -0.4 is 9.80 Å². The Hall–Kier alpha value is -1.64. The zero-order valence-corrected chi connectivity index (χ0v) is 11.8. The summed E-state index contributed by atoms with van der Waals surface area (Å²) in [5.74, 6) is 0. The van der Waals surface area contributed by atoms with E-state index in [1.54, 1.807) is 9.80 Å². The van der Waals surface area contributed by atoms with E-state index in [1.165, 1.54) is 37.3 Å². The molecule has 102 valence electrons. The quantitative estimate of drug-likeness (QED) is 0.772. The molecule has 5 rings (SSSR count). The molecular weight excluding hydrogens is 244 g/mol. The van der Waals surface area contributed by atoms with E-state index in [1.807, 2.05) is 0 Å². The molecule has 0 aromatic heterocycles. The zero-order chi connectivity index (χ0) is 13.4. The van der Waals surface area contributed by atoms with Gasteiger partial charge in [-0.15, -0.1) is 0 Å². The Balaban J connectivity index is 1.77. The van der Waals surface area contributed by atoms with Crippen molar-refractivity contribution in [1.82, 2.24) is 0 Å². The van der Waals surface area contributed by atoms with E-state index in [2.05, 4.69) is 60.7 Å². The van der Waals surface area contributed by atoms with Gasteiger partial charge in [0, 0.05) is 11.1 Å². The second-order valence-corrected chi connectivity index (χ2v) is 6.09. The van der Waals surface area contributed by atoms with Crippen LogP contribution in [-0.2, 0) is 0 Å². The number of rotatable bonds is 2. The second kappa shape index (κ2) is 5.04. The molecule has 2 bridgehead atoms. The van der Waals surface area contributed by atoms with E-state index < -0.39 is 0 Å². The van der Waals surface area contributed by atoms with E-state index >= 15 is 0 Å². The van der Waals surface area contributed by atoms with Crippen LogP contribution in [0.4, 0.5) is 0 Å². The lowest BCUT2D eigenvalue weighted by molar-refractivity contribution is -1.11. The molecule has 0 aliphatic carbocycles. The lowest BCUT2D eigenvalue weighted by Gasteiger charge is -2.47. The summed E-state index contributed by atoms with van der Waals surface area (Å²) in [5.41, 5.74) is 3.02. The highest BCUT2D eigenvalue weighted by Gasteiger charge is 2.48. The fourth-order valence-corrected chi connectivity index (χ4v) is 4.16. The van der Waals surface area contributed by atoms with Crippen LogP contribution in [-0.4, -0.2) is 26.2 Å². The van der Waals surface area contributed by atoms with Gasteiger partial charge in [0.15, 0.2) is 12.1 Å². The van der Waals surface area contributed by atoms with Crippen LogP contribution in [0, 0.1) is 0 Å². The van der Waals surface area contributed by atoms with Crippen molar-refractivity contribution in [2.75, 3.05) is 26.2 Å². The minimum absolute atomic E-state index is 0.621. The Morgan fingerprint density at radius 3 is 1.25 bits per heavy atom. The summed E-state index contributed by atoms with van der Waals surface area (Å²) in [6.07, 6.45) is 0. The van der Waals surface area contributed by atoms with Crippen molar-refractivity contribution in [1.29, 1.82) is 0 Å². The monoisotopic (exact) mass is 266 g/mol. The summed E-state index contributed by atoms with van der Waals surface area (Å²) in [6, 6.07) is 23.5. The van der Waals surface area contributed by atoms with Gasteiger partial charge in [-0.3, -0.25) is 0 Å². The van der Waals surface area contributed by atoms with E-state index in [-0.39, 0.29) is 0 Å². The van der Waals surface area contributed by atoms with Crippen molar-refractivity contribution < 1.29 is 9.80 Å². The minimum atomic E-state index is 0.621. The topological polar surface area (TPSA) is 8.88 Å². The summed E-state index contributed by atoms with van der Waals surface area (Å²) < 4.78 is 0. The first-order chi connectivity index (χ1) is 9.93.